The van der Waals surface area contributed by atoms with Crippen molar-refractivity contribution in [1.82, 2.24) is 0 Å². The van der Waals surface area contributed by atoms with Crippen LogP contribution in [0.4, 0.5) is 0 Å². The van der Waals surface area contributed by atoms with Crippen molar-refractivity contribution in [2.75, 3.05) is 7.11 Å². The minimum Gasteiger partial charge on any atom is -0.508 e. The maximum absolute atomic E-state index is 9.21. The Bertz CT molecular complexity index is 296. The molecule has 0 atom stereocenters. The summed E-state index contributed by atoms with van der Waals surface area (Å²) in [5.41, 5.74) is 1.29. The van der Waals surface area contributed by atoms with E-state index in [-0.39, 0.29) is 0 Å². The molecule has 0 heterocycles. The van der Waals surface area contributed by atoms with Crippen LogP contribution in [0.15, 0.2) is 24.3 Å². The Balaban J connectivity index is 2.58. The summed E-state index contributed by atoms with van der Waals surface area (Å²) >= 11 is 0. The van der Waals surface area contributed by atoms with Gasteiger partial charge in [0, 0.05) is 7.11 Å². The molecule has 0 aliphatic heterocycles. The first-order valence-electron chi connectivity index (χ1n) is 5.99. The van der Waals surface area contributed by atoms with Crippen molar-refractivity contribution in [3.8, 4) is 5.75 Å². The molecule has 1 N–H and O–H groups in total. The molecule has 0 bridgehead atoms. The van der Waals surface area contributed by atoms with Gasteiger partial charge in [0.25, 0.3) is 0 Å². The fraction of sp³-hybridized carbons (Fsp3) is 0.538. The lowest BCUT2D eigenvalue weighted by molar-refractivity contribution is 0.391. The van der Waals surface area contributed by atoms with Crippen LogP contribution in [-0.2, 0) is 10.8 Å². The molecule has 16 heavy (non-hydrogen) atoms. The Morgan fingerprint density at radius 1 is 1.12 bits per heavy atom. The molecule has 2 nitrogen and oxygen atoms in total. The van der Waals surface area contributed by atoms with Crippen molar-refractivity contribution in [3.63, 3.8) is 0 Å². The van der Waals surface area contributed by atoms with E-state index in [9.17, 15) is 5.11 Å². The fourth-order valence-corrected chi connectivity index (χ4v) is 4.76. The summed E-state index contributed by atoms with van der Waals surface area (Å²) in [5, 5.41) is 9.21. The van der Waals surface area contributed by atoms with E-state index < -0.39 is 8.32 Å². The molecule has 1 rings (SSSR count). The maximum Gasteiger partial charge on any atom is 0.192 e. The molecule has 90 valence electrons. The van der Waals surface area contributed by atoms with Crippen molar-refractivity contribution in [2.24, 2.45) is 0 Å². The highest BCUT2D eigenvalue weighted by Crippen LogP contribution is 2.23. The SMILES string of the molecule is CC[Si](CC)(CCc1ccc(O)cc1)OC. The second kappa shape index (κ2) is 6.06. The van der Waals surface area contributed by atoms with E-state index in [2.05, 4.69) is 13.8 Å². The first-order valence-corrected chi connectivity index (χ1v) is 8.52. The molecule has 0 saturated heterocycles. The zero-order valence-electron chi connectivity index (χ0n) is 10.5. The lowest BCUT2D eigenvalue weighted by Crippen LogP contribution is -2.35. The molecular weight excluding hydrogens is 216 g/mol. The van der Waals surface area contributed by atoms with Crippen LogP contribution < -0.4 is 0 Å². The molecule has 0 aliphatic rings. The second-order valence-electron chi connectivity index (χ2n) is 4.26. The van der Waals surface area contributed by atoms with Crippen molar-refractivity contribution < 1.29 is 9.53 Å². The van der Waals surface area contributed by atoms with Gasteiger partial charge in [-0.05, 0) is 42.2 Å². The molecule has 0 radical (unpaired) electrons. The topological polar surface area (TPSA) is 29.5 Å². The molecule has 0 aliphatic carbocycles. The van der Waals surface area contributed by atoms with Gasteiger partial charge in [0.1, 0.15) is 5.75 Å². The van der Waals surface area contributed by atoms with Crippen molar-refractivity contribution in [1.29, 1.82) is 0 Å². The van der Waals surface area contributed by atoms with E-state index in [1.165, 1.54) is 23.7 Å². The minimum absolute atomic E-state index is 0.338. The zero-order valence-corrected chi connectivity index (χ0v) is 11.5. The van der Waals surface area contributed by atoms with E-state index in [1.807, 2.05) is 19.2 Å². The molecule has 0 aromatic heterocycles. The van der Waals surface area contributed by atoms with E-state index in [1.54, 1.807) is 12.1 Å². The highest BCUT2D eigenvalue weighted by atomic mass is 28.4. The summed E-state index contributed by atoms with van der Waals surface area (Å²) < 4.78 is 5.77. The van der Waals surface area contributed by atoms with E-state index >= 15 is 0 Å². The van der Waals surface area contributed by atoms with Crippen LogP contribution in [0.2, 0.25) is 18.1 Å². The number of phenolic OH excluding ortho intramolecular Hbond substituents is 1. The lowest BCUT2D eigenvalue weighted by atomic mass is 10.2. The summed E-state index contributed by atoms with van der Waals surface area (Å²) in [6.45, 7) is 4.46. The molecule has 0 saturated carbocycles. The first-order chi connectivity index (χ1) is 7.65. The third kappa shape index (κ3) is 3.35. The van der Waals surface area contributed by atoms with Crippen LogP contribution in [0, 0.1) is 0 Å². The van der Waals surface area contributed by atoms with Crippen LogP contribution in [0.3, 0.4) is 0 Å². The average Bonchev–Trinajstić information content (AvgIpc) is 2.34. The van der Waals surface area contributed by atoms with Crippen molar-refractivity contribution in [2.45, 2.75) is 38.4 Å². The average molecular weight is 238 g/mol. The molecule has 0 unspecified atom stereocenters. The van der Waals surface area contributed by atoms with Crippen molar-refractivity contribution in [3.05, 3.63) is 29.8 Å². The summed E-state index contributed by atoms with van der Waals surface area (Å²) in [7, 11) is 0.381. The highest BCUT2D eigenvalue weighted by Gasteiger charge is 2.28. The summed E-state index contributed by atoms with van der Waals surface area (Å²) in [5.74, 6) is 0.338. The van der Waals surface area contributed by atoms with Gasteiger partial charge in [-0.15, -0.1) is 0 Å². The summed E-state index contributed by atoms with van der Waals surface area (Å²) in [6, 6.07) is 11.0. The van der Waals surface area contributed by atoms with Gasteiger partial charge < -0.3 is 9.53 Å². The number of phenols is 1. The first kappa shape index (κ1) is 13.3. The third-order valence-corrected chi connectivity index (χ3v) is 8.13. The fourth-order valence-electron chi connectivity index (χ4n) is 2.03. The minimum atomic E-state index is -1.48. The largest absolute Gasteiger partial charge is 0.508 e. The van der Waals surface area contributed by atoms with Gasteiger partial charge in [-0.2, -0.15) is 0 Å². The Hall–Kier alpha value is -0.803. The Morgan fingerprint density at radius 3 is 2.12 bits per heavy atom. The van der Waals surface area contributed by atoms with Gasteiger partial charge in [-0.3, -0.25) is 0 Å². The molecule has 0 spiro atoms. The summed E-state index contributed by atoms with van der Waals surface area (Å²) in [4.78, 5) is 0. The van der Waals surface area contributed by atoms with Gasteiger partial charge in [-0.1, -0.05) is 26.0 Å². The molecule has 1 aromatic carbocycles. The Morgan fingerprint density at radius 2 is 1.69 bits per heavy atom. The van der Waals surface area contributed by atoms with E-state index in [0.717, 1.165) is 6.42 Å². The number of rotatable bonds is 6. The number of hydrogen-bond donors (Lipinski definition) is 1. The molecular formula is C13H22O2Si. The third-order valence-electron chi connectivity index (χ3n) is 3.53. The van der Waals surface area contributed by atoms with Gasteiger partial charge in [0.05, 0.1) is 0 Å². The number of benzene rings is 1. The zero-order chi connectivity index (χ0) is 12.0. The Kier molecular flexibility index (Phi) is 5.02. The maximum atomic E-state index is 9.21. The van der Waals surface area contributed by atoms with E-state index in [0.29, 0.717) is 5.75 Å². The smallest absolute Gasteiger partial charge is 0.192 e. The number of hydrogen-bond acceptors (Lipinski definition) is 2. The summed E-state index contributed by atoms with van der Waals surface area (Å²) in [6.07, 6.45) is 1.06. The number of aryl methyl sites for hydroxylation is 1. The monoisotopic (exact) mass is 238 g/mol. The van der Waals surface area contributed by atoms with Crippen LogP contribution >= 0.6 is 0 Å². The predicted molar refractivity (Wildman–Crippen MR) is 70.3 cm³/mol. The standard InChI is InChI=1S/C13H22O2Si/c1-4-16(5-2,15-3)11-10-12-6-8-13(14)9-7-12/h6-9,14H,4-5,10-11H2,1-3H3. The molecule has 1 aromatic rings. The highest BCUT2D eigenvalue weighted by molar-refractivity contribution is 6.73. The van der Waals surface area contributed by atoms with Crippen molar-refractivity contribution >= 4 is 8.32 Å². The second-order valence-corrected chi connectivity index (χ2v) is 8.95. The van der Waals surface area contributed by atoms with Gasteiger partial charge in [0.15, 0.2) is 8.32 Å². The van der Waals surface area contributed by atoms with Crippen LogP contribution in [0.25, 0.3) is 0 Å². The van der Waals surface area contributed by atoms with Gasteiger partial charge in [0.2, 0.25) is 0 Å². The molecule has 3 heteroatoms. The lowest BCUT2D eigenvalue weighted by Gasteiger charge is -2.27. The quantitative estimate of drug-likeness (QED) is 0.768. The van der Waals surface area contributed by atoms with Gasteiger partial charge in [-0.25, -0.2) is 0 Å². The van der Waals surface area contributed by atoms with Crippen LogP contribution in [0.1, 0.15) is 19.4 Å². The van der Waals surface area contributed by atoms with E-state index in [4.69, 9.17) is 4.43 Å². The molecule has 0 fully saturated rings. The van der Waals surface area contributed by atoms with Crippen LogP contribution in [0.5, 0.6) is 5.75 Å². The normalized spacial score (nSPS) is 11.7. The van der Waals surface area contributed by atoms with Crippen LogP contribution in [-0.4, -0.2) is 20.5 Å². The molecule has 0 amide bonds. The predicted octanol–water partition coefficient (Wildman–Crippen LogP) is 3.57. The van der Waals surface area contributed by atoms with Gasteiger partial charge >= 0.3 is 0 Å². The number of aromatic hydroxyl groups is 1. The Labute approximate surface area is 99.4 Å².